The molecular weight excluding hydrogens is 340 g/mol. The summed E-state index contributed by atoms with van der Waals surface area (Å²) >= 11 is 0. The molecule has 0 atom stereocenters. The zero-order valence-electron chi connectivity index (χ0n) is 15.1. The highest BCUT2D eigenvalue weighted by Gasteiger charge is 2.14. The van der Waals surface area contributed by atoms with Crippen molar-refractivity contribution in [2.24, 2.45) is 0 Å². The molecule has 2 heteroatoms. The van der Waals surface area contributed by atoms with Crippen molar-refractivity contribution < 1.29 is 0 Å². The number of hydrogen-bond acceptors (Lipinski definition) is 2. The molecule has 28 heavy (non-hydrogen) atoms. The van der Waals surface area contributed by atoms with Crippen molar-refractivity contribution >= 4 is 43.6 Å². The molecule has 0 amide bonds. The molecule has 2 heterocycles. The number of hydrogen-bond donors (Lipinski definition) is 0. The summed E-state index contributed by atoms with van der Waals surface area (Å²) in [4.78, 5) is 9.79. The van der Waals surface area contributed by atoms with Gasteiger partial charge in [-0.2, -0.15) is 0 Å². The van der Waals surface area contributed by atoms with Gasteiger partial charge in [-0.05, 0) is 35.9 Å². The van der Waals surface area contributed by atoms with Gasteiger partial charge in [0.05, 0.1) is 22.1 Å². The lowest BCUT2D eigenvalue weighted by molar-refractivity contribution is 1.48. The Kier molecular flexibility index (Phi) is 3.20. The van der Waals surface area contributed by atoms with Crippen molar-refractivity contribution in [3.63, 3.8) is 0 Å². The molecule has 130 valence electrons. The molecule has 0 N–H and O–H groups in total. The molecule has 0 saturated heterocycles. The summed E-state index contributed by atoms with van der Waals surface area (Å²) in [5.74, 6) is 0. The SMILES string of the molecule is c1ccc2nc3cccc(-c4c5ccccc5nc5ccccc45)c3cc2c1. The molecule has 4 aromatic carbocycles. The van der Waals surface area contributed by atoms with Crippen LogP contribution >= 0.6 is 0 Å². The third-order valence-corrected chi connectivity index (χ3v) is 5.42. The Hall–Kier alpha value is -3.78. The molecule has 6 aromatic rings. The smallest absolute Gasteiger partial charge is 0.0715 e. The summed E-state index contributed by atoms with van der Waals surface area (Å²) in [5.41, 5.74) is 6.50. The first-order valence-electron chi connectivity index (χ1n) is 9.45. The molecule has 0 aliphatic heterocycles. The highest BCUT2D eigenvalue weighted by atomic mass is 14.7. The molecule has 0 aliphatic carbocycles. The zero-order valence-corrected chi connectivity index (χ0v) is 15.1. The summed E-state index contributed by atoms with van der Waals surface area (Å²) in [7, 11) is 0. The first kappa shape index (κ1) is 15.3. The van der Waals surface area contributed by atoms with E-state index in [-0.39, 0.29) is 0 Å². The number of pyridine rings is 2. The van der Waals surface area contributed by atoms with E-state index in [2.05, 4.69) is 78.9 Å². The molecule has 2 nitrogen and oxygen atoms in total. The van der Waals surface area contributed by atoms with Crippen molar-refractivity contribution in [2.45, 2.75) is 0 Å². The van der Waals surface area contributed by atoms with Gasteiger partial charge >= 0.3 is 0 Å². The van der Waals surface area contributed by atoms with Crippen LogP contribution in [0.1, 0.15) is 0 Å². The second-order valence-corrected chi connectivity index (χ2v) is 7.07. The van der Waals surface area contributed by atoms with Crippen LogP contribution in [0.4, 0.5) is 0 Å². The van der Waals surface area contributed by atoms with Crippen LogP contribution in [-0.4, -0.2) is 9.97 Å². The van der Waals surface area contributed by atoms with Gasteiger partial charge in [0.1, 0.15) is 0 Å². The van der Waals surface area contributed by atoms with E-state index < -0.39 is 0 Å². The summed E-state index contributed by atoms with van der Waals surface area (Å²) < 4.78 is 0. The van der Waals surface area contributed by atoms with E-state index in [0.29, 0.717) is 0 Å². The van der Waals surface area contributed by atoms with E-state index in [1.165, 1.54) is 27.3 Å². The summed E-state index contributed by atoms with van der Waals surface area (Å²) in [5, 5.41) is 4.66. The highest BCUT2D eigenvalue weighted by molar-refractivity contribution is 6.15. The minimum atomic E-state index is 1.01. The van der Waals surface area contributed by atoms with Gasteiger partial charge < -0.3 is 0 Å². The maximum Gasteiger partial charge on any atom is 0.0715 e. The molecule has 0 fully saturated rings. The summed E-state index contributed by atoms with van der Waals surface area (Å²) in [6, 6.07) is 33.7. The average Bonchev–Trinajstić information content (AvgIpc) is 2.76. The number of benzene rings is 4. The Labute approximate surface area is 162 Å². The number of fused-ring (bicyclic) bond motifs is 4. The van der Waals surface area contributed by atoms with Crippen LogP contribution < -0.4 is 0 Å². The topological polar surface area (TPSA) is 25.8 Å². The van der Waals surface area contributed by atoms with Gasteiger partial charge in [-0.15, -0.1) is 0 Å². The van der Waals surface area contributed by atoms with Crippen molar-refractivity contribution in [1.29, 1.82) is 0 Å². The third-order valence-electron chi connectivity index (χ3n) is 5.42. The van der Waals surface area contributed by atoms with E-state index in [9.17, 15) is 0 Å². The Morgan fingerprint density at radius 2 is 0.964 bits per heavy atom. The van der Waals surface area contributed by atoms with Crippen molar-refractivity contribution in [3.05, 3.63) is 97.1 Å². The normalized spacial score (nSPS) is 11.6. The Morgan fingerprint density at radius 1 is 0.429 bits per heavy atom. The zero-order chi connectivity index (χ0) is 18.5. The molecule has 0 unspecified atom stereocenters. The Balaban J connectivity index is 1.83. The van der Waals surface area contributed by atoms with Crippen LogP contribution in [0.3, 0.4) is 0 Å². The summed E-state index contributed by atoms with van der Waals surface area (Å²) in [6.07, 6.45) is 0. The Bertz CT molecular complexity index is 1460. The molecular formula is C26H16N2. The fourth-order valence-electron chi connectivity index (χ4n) is 4.15. The first-order valence-corrected chi connectivity index (χ1v) is 9.45. The van der Waals surface area contributed by atoms with Crippen molar-refractivity contribution in [3.8, 4) is 11.1 Å². The largest absolute Gasteiger partial charge is 0.248 e. The van der Waals surface area contributed by atoms with Gasteiger partial charge in [0, 0.05) is 27.1 Å². The van der Waals surface area contributed by atoms with E-state index in [4.69, 9.17) is 9.97 Å². The van der Waals surface area contributed by atoms with Gasteiger partial charge in [-0.3, -0.25) is 0 Å². The number of para-hydroxylation sites is 3. The van der Waals surface area contributed by atoms with Gasteiger partial charge in [-0.25, -0.2) is 9.97 Å². The van der Waals surface area contributed by atoms with Gasteiger partial charge in [0.25, 0.3) is 0 Å². The molecule has 6 rings (SSSR count). The van der Waals surface area contributed by atoms with Crippen LogP contribution in [0.2, 0.25) is 0 Å². The highest BCUT2D eigenvalue weighted by Crippen LogP contribution is 2.38. The second kappa shape index (κ2) is 5.86. The van der Waals surface area contributed by atoms with Crippen LogP contribution in [0, 0.1) is 0 Å². The van der Waals surface area contributed by atoms with Crippen LogP contribution in [0.15, 0.2) is 97.1 Å². The lowest BCUT2D eigenvalue weighted by Gasteiger charge is -2.14. The standard InChI is InChI=1S/C26H16N2/c1-4-12-22-17(8-1)16-21-18(11-7-15-25(21)27-22)26-19-9-2-5-13-23(19)28-24-14-6-3-10-20(24)26/h1-16H. The summed E-state index contributed by atoms with van der Waals surface area (Å²) in [6.45, 7) is 0. The van der Waals surface area contributed by atoms with Crippen LogP contribution in [-0.2, 0) is 0 Å². The number of nitrogens with zero attached hydrogens (tertiary/aromatic N) is 2. The Morgan fingerprint density at radius 3 is 1.71 bits per heavy atom. The predicted molar refractivity (Wildman–Crippen MR) is 117 cm³/mol. The number of aromatic nitrogens is 2. The van der Waals surface area contributed by atoms with Gasteiger partial charge in [-0.1, -0.05) is 66.7 Å². The maximum absolute atomic E-state index is 4.91. The van der Waals surface area contributed by atoms with Gasteiger partial charge in [0.15, 0.2) is 0 Å². The van der Waals surface area contributed by atoms with E-state index in [1.54, 1.807) is 0 Å². The minimum absolute atomic E-state index is 1.01. The first-order chi connectivity index (χ1) is 13.9. The lowest BCUT2D eigenvalue weighted by atomic mass is 9.93. The molecule has 0 saturated carbocycles. The van der Waals surface area contributed by atoms with Crippen molar-refractivity contribution in [1.82, 2.24) is 9.97 Å². The average molecular weight is 356 g/mol. The van der Waals surface area contributed by atoms with E-state index in [1.807, 2.05) is 18.2 Å². The van der Waals surface area contributed by atoms with E-state index >= 15 is 0 Å². The predicted octanol–water partition coefficient (Wildman–Crippen LogP) is 6.76. The maximum atomic E-state index is 4.91. The van der Waals surface area contributed by atoms with Crippen LogP contribution in [0.25, 0.3) is 54.7 Å². The monoisotopic (exact) mass is 356 g/mol. The number of rotatable bonds is 1. The van der Waals surface area contributed by atoms with Gasteiger partial charge in [0.2, 0.25) is 0 Å². The lowest BCUT2D eigenvalue weighted by Crippen LogP contribution is -1.91. The molecule has 0 radical (unpaired) electrons. The van der Waals surface area contributed by atoms with E-state index in [0.717, 1.165) is 27.5 Å². The fraction of sp³-hybridized carbons (Fsp3) is 0. The van der Waals surface area contributed by atoms with Crippen LogP contribution in [0.5, 0.6) is 0 Å². The quantitative estimate of drug-likeness (QED) is 0.304. The molecule has 0 spiro atoms. The minimum Gasteiger partial charge on any atom is -0.248 e. The fourth-order valence-corrected chi connectivity index (χ4v) is 4.15. The molecule has 0 bridgehead atoms. The van der Waals surface area contributed by atoms with Crippen molar-refractivity contribution in [2.75, 3.05) is 0 Å². The second-order valence-electron chi connectivity index (χ2n) is 7.07. The molecule has 0 aliphatic rings. The third kappa shape index (κ3) is 2.21. The molecule has 2 aromatic heterocycles.